The highest BCUT2D eigenvalue weighted by Gasteiger charge is 2.35. The summed E-state index contributed by atoms with van der Waals surface area (Å²) in [5.41, 5.74) is 3.47. The van der Waals surface area contributed by atoms with Gasteiger partial charge in [-0.25, -0.2) is 0 Å². The van der Waals surface area contributed by atoms with E-state index in [2.05, 4.69) is 15.4 Å². The maximum atomic E-state index is 13.7. The van der Waals surface area contributed by atoms with Crippen LogP contribution < -0.4 is 25.0 Å². The number of ether oxygens (including phenoxy) is 1. The number of thiazole rings is 1. The van der Waals surface area contributed by atoms with Crippen molar-refractivity contribution >= 4 is 45.1 Å². The van der Waals surface area contributed by atoms with Gasteiger partial charge in [0, 0.05) is 16.8 Å². The van der Waals surface area contributed by atoms with Crippen molar-refractivity contribution < 1.29 is 14.3 Å². The Morgan fingerprint density at radius 1 is 1.00 bits per heavy atom. The van der Waals surface area contributed by atoms with Crippen LogP contribution in [-0.4, -0.2) is 39.6 Å². The van der Waals surface area contributed by atoms with E-state index in [4.69, 9.17) is 4.74 Å². The summed E-state index contributed by atoms with van der Waals surface area (Å²) in [6, 6.07) is 22.0. The Morgan fingerprint density at radius 2 is 1.75 bits per heavy atom. The standard InChI is InChI=1S/C30H25N5O4S/c1-3-16-39-21-14-10-19(11-15-21)27-32-30-35(33-27)29(38)26(40-30)25-22-6-4-5-7-23(22)34(28(25)37)17-24(36)31-20-12-8-18(2)9-13-20/h4-15H,3,16-17H2,1-2H3,(H,31,36). The summed E-state index contributed by atoms with van der Waals surface area (Å²) < 4.78 is 7.10. The molecule has 0 fully saturated rings. The molecule has 9 nitrogen and oxygen atoms in total. The van der Waals surface area contributed by atoms with E-state index < -0.39 is 11.5 Å². The Morgan fingerprint density at radius 3 is 2.48 bits per heavy atom. The number of nitrogens with one attached hydrogen (secondary N) is 1. The smallest absolute Gasteiger partial charge is 0.291 e. The number of aryl methyl sites for hydroxylation is 1. The molecule has 10 heteroatoms. The van der Waals surface area contributed by atoms with Crippen molar-refractivity contribution in [2.45, 2.75) is 20.3 Å². The minimum atomic E-state index is -0.425. The summed E-state index contributed by atoms with van der Waals surface area (Å²) in [7, 11) is 0. The Bertz CT molecular complexity index is 1860. The predicted octanol–water partition coefficient (Wildman–Crippen LogP) is 3.82. The summed E-state index contributed by atoms with van der Waals surface area (Å²) in [5.74, 6) is 0.415. The molecule has 1 aliphatic rings. The molecule has 6 rings (SSSR count). The lowest BCUT2D eigenvalue weighted by Crippen LogP contribution is -2.37. The number of anilines is 2. The van der Waals surface area contributed by atoms with Gasteiger partial charge in [0.05, 0.1) is 17.9 Å². The largest absolute Gasteiger partial charge is 0.494 e. The third-order valence-electron chi connectivity index (χ3n) is 6.53. The van der Waals surface area contributed by atoms with Crippen molar-refractivity contribution in [2.24, 2.45) is 0 Å². The third kappa shape index (κ3) is 4.62. The SMILES string of the molecule is CCCOc1ccc(-c2nc3sc(=C4C(=O)N(CC(=O)Nc5ccc(C)cc5)c5ccccc54)c(=O)n3n2)cc1. The zero-order chi connectivity index (χ0) is 27.8. The molecule has 0 saturated heterocycles. The maximum absolute atomic E-state index is 13.7. The van der Waals surface area contributed by atoms with Crippen LogP contribution in [0.1, 0.15) is 24.5 Å². The first-order valence-corrected chi connectivity index (χ1v) is 13.7. The third-order valence-corrected chi connectivity index (χ3v) is 7.56. The summed E-state index contributed by atoms with van der Waals surface area (Å²) in [6.45, 7) is 4.45. The number of nitrogens with zero attached hydrogens (tertiary/aromatic N) is 4. The predicted molar refractivity (Wildman–Crippen MR) is 155 cm³/mol. The van der Waals surface area contributed by atoms with Crippen molar-refractivity contribution in [3.63, 3.8) is 0 Å². The van der Waals surface area contributed by atoms with Gasteiger partial charge >= 0.3 is 0 Å². The molecular weight excluding hydrogens is 526 g/mol. The number of hydrogen-bond donors (Lipinski definition) is 1. The number of carbonyl (C=O) groups excluding carboxylic acids is 2. The van der Waals surface area contributed by atoms with Crippen LogP contribution in [0.4, 0.5) is 11.4 Å². The molecule has 0 unspecified atom stereocenters. The summed E-state index contributed by atoms with van der Waals surface area (Å²) in [4.78, 5) is 46.3. The molecule has 0 saturated carbocycles. The number of fused-ring (bicyclic) bond motifs is 2. The van der Waals surface area contributed by atoms with Gasteiger partial charge in [-0.05, 0) is 55.8 Å². The molecular formula is C30H25N5O4S. The van der Waals surface area contributed by atoms with E-state index >= 15 is 0 Å². The Kier molecular flexibility index (Phi) is 6.61. The highest BCUT2D eigenvalue weighted by molar-refractivity contribution is 7.15. The first-order valence-electron chi connectivity index (χ1n) is 12.9. The number of benzene rings is 3. The van der Waals surface area contributed by atoms with Gasteiger partial charge in [0.1, 0.15) is 16.8 Å². The minimum absolute atomic E-state index is 0.190. The highest BCUT2D eigenvalue weighted by Crippen LogP contribution is 2.35. The van der Waals surface area contributed by atoms with Gasteiger partial charge in [0.2, 0.25) is 10.9 Å². The summed E-state index contributed by atoms with van der Waals surface area (Å²) >= 11 is 1.11. The summed E-state index contributed by atoms with van der Waals surface area (Å²) in [5, 5.41) is 7.26. The number of para-hydroxylation sites is 1. The zero-order valence-electron chi connectivity index (χ0n) is 21.9. The molecule has 0 aliphatic carbocycles. The van der Waals surface area contributed by atoms with Crippen LogP contribution in [-0.2, 0) is 9.59 Å². The van der Waals surface area contributed by atoms with Crippen LogP contribution in [0.25, 0.3) is 21.9 Å². The zero-order valence-corrected chi connectivity index (χ0v) is 22.7. The second-order valence-electron chi connectivity index (χ2n) is 9.44. The fraction of sp³-hybridized carbons (Fsp3) is 0.167. The first-order chi connectivity index (χ1) is 19.4. The van der Waals surface area contributed by atoms with Gasteiger partial charge in [-0.15, -0.1) is 5.10 Å². The molecule has 0 bridgehead atoms. The lowest BCUT2D eigenvalue weighted by Gasteiger charge is -2.16. The average Bonchev–Trinajstić information content (AvgIpc) is 3.60. The average molecular weight is 552 g/mol. The Balaban J connectivity index is 1.33. The van der Waals surface area contributed by atoms with Crippen LogP contribution in [0.2, 0.25) is 0 Å². The molecule has 200 valence electrons. The maximum Gasteiger partial charge on any atom is 0.291 e. The van der Waals surface area contributed by atoms with Crippen LogP contribution in [0.3, 0.4) is 0 Å². The Hall–Kier alpha value is -4.83. The number of hydrogen-bond acceptors (Lipinski definition) is 7. The molecule has 3 heterocycles. The van der Waals surface area contributed by atoms with E-state index in [0.29, 0.717) is 34.3 Å². The number of aromatic nitrogens is 3. The second-order valence-corrected chi connectivity index (χ2v) is 10.4. The van der Waals surface area contributed by atoms with E-state index in [1.165, 1.54) is 9.42 Å². The van der Waals surface area contributed by atoms with E-state index in [9.17, 15) is 14.4 Å². The van der Waals surface area contributed by atoms with Gasteiger partial charge in [-0.3, -0.25) is 19.3 Å². The summed E-state index contributed by atoms with van der Waals surface area (Å²) in [6.07, 6.45) is 0.916. The van der Waals surface area contributed by atoms with Crippen molar-refractivity contribution in [1.29, 1.82) is 0 Å². The van der Waals surface area contributed by atoms with Gasteiger partial charge in [0.25, 0.3) is 11.5 Å². The van der Waals surface area contributed by atoms with E-state index in [1.807, 2.05) is 62.4 Å². The fourth-order valence-corrected chi connectivity index (χ4v) is 5.56. The molecule has 40 heavy (non-hydrogen) atoms. The van der Waals surface area contributed by atoms with Gasteiger partial charge in [-0.2, -0.15) is 9.50 Å². The van der Waals surface area contributed by atoms with Crippen LogP contribution >= 0.6 is 11.3 Å². The molecule has 5 aromatic rings. The van der Waals surface area contributed by atoms with Crippen molar-refractivity contribution in [1.82, 2.24) is 14.6 Å². The van der Waals surface area contributed by atoms with Gasteiger partial charge < -0.3 is 10.1 Å². The molecule has 2 aromatic heterocycles. The Labute approximate surface area is 233 Å². The quantitative estimate of drug-likeness (QED) is 0.330. The minimum Gasteiger partial charge on any atom is -0.494 e. The topological polar surface area (TPSA) is 106 Å². The molecule has 2 amide bonds. The van der Waals surface area contributed by atoms with Crippen LogP contribution in [0, 0.1) is 6.92 Å². The molecule has 0 atom stereocenters. The second kappa shape index (κ2) is 10.4. The van der Waals surface area contributed by atoms with Gasteiger partial charge in [0.15, 0.2) is 5.82 Å². The van der Waals surface area contributed by atoms with E-state index in [0.717, 1.165) is 34.6 Å². The van der Waals surface area contributed by atoms with Crippen molar-refractivity contribution in [2.75, 3.05) is 23.4 Å². The van der Waals surface area contributed by atoms with E-state index in [-0.39, 0.29) is 22.6 Å². The molecule has 0 radical (unpaired) electrons. The fourth-order valence-electron chi connectivity index (χ4n) is 4.57. The lowest BCUT2D eigenvalue weighted by molar-refractivity contribution is -0.118. The molecule has 1 aliphatic heterocycles. The first kappa shape index (κ1) is 25.4. The number of amides is 2. The highest BCUT2D eigenvalue weighted by atomic mass is 32.1. The van der Waals surface area contributed by atoms with E-state index in [1.54, 1.807) is 24.3 Å². The van der Waals surface area contributed by atoms with Crippen molar-refractivity contribution in [3.8, 4) is 17.1 Å². The normalized spacial score (nSPS) is 14.1. The molecule has 3 aromatic carbocycles. The van der Waals surface area contributed by atoms with Crippen molar-refractivity contribution in [3.05, 3.63) is 98.8 Å². The molecule has 0 spiro atoms. The lowest BCUT2D eigenvalue weighted by atomic mass is 10.1. The van der Waals surface area contributed by atoms with Gasteiger partial charge in [-0.1, -0.05) is 54.2 Å². The monoisotopic (exact) mass is 551 g/mol. The number of rotatable bonds is 7. The van der Waals surface area contributed by atoms with Crippen LogP contribution in [0.5, 0.6) is 5.75 Å². The number of carbonyl (C=O) groups is 2. The van der Waals surface area contributed by atoms with Crippen LogP contribution in [0.15, 0.2) is 77.6 Å². The molecule has 1 N–H and O–H groups in total.